The fraction of sp³-hybridized carbons (Fsp3) is 0.188. The number of hydrogen-bond acceptors (Lipinski definition) is 8. The Labute approximate surface area is 256 Å². The first-order chi connectivity index (χ1) is 21.2. The first-order valence-corrected chi connectivity index (χ1v) is 15.2. The molecule has 0 saturated carbocycles. The SMILES string of the molecule is COc1ccccc1C(=O)NCCNc1cccc(NS(=O)(=O)c2cc(-c3cccc(C(=O)NCCO)c3)ccc2OC)c1. The number of methoxy groups -OCH3 is 2. The molecule has 12 heteroatoms. The first-order valence-electron chi connectivity index (χ1n) is 13.7. The van der Waals surface area contributed by atoms with E-state index in [1.54, 1.807) is 84.9 Å². The van der Waals surface area contributed by atoms with Gasteiger partial charge in [-0.1, -0.05) is 36.4 Å². The Morgan fingerprint density at radius 1 is 0.705 bits per heavy atom. The highest BCUT2D eigenvalue weighted by Gasteiger charge is 2.21. The largest absolute Gasteiger partial charge is 0.496 e. The summed E-state index contributed by atoms with van der Waals surface area (Å²) in [6.45, 7) is 0.655. The molecule has 0 fully saturated rings. The number of aliphatic hydroxyl groups excluding tert-OH is 1. The molecule has 0 unspecified atom stereocenters. The van der Waals surface area contributed by atoms with Crippen molar-refractivity contribution in [1.29, 1.82) is 0 Å². The second-order valence-electron chi connectivity index (χ2n) is 9.50. The third-order valence-corrected chi connectivity index (χ3v) is 7.92. The summed E-state index contributed by atoms with van der Waals surface area (Å²) in [5.41, 5.74) is 2.97. The maximum Gasteiger partial charge on any atom is 0.265 e. The zero-order valence-electron chi connectivity index (χ0n) is 24.3. The zero-order chi connectivity index (χ0) is 31.5. The first kappa shape index (κ1) is 31.9. The molecule has 0 spiro atoms. The summed E-state index contributed by atoms with van der Waals surface area (Å²) in [4.78, 5) is 24.8. The van der Waals surface area contributed by atoms with Gasteiger partial charge in [0.25, 0.3) is 21.8 Å². The van der Waals surface area contributed by atoms with E-state index in [0.29, 0.717) is 52.5 Å². The number of para-hydroxylation sites is 1. The summed E-state index contributed by atoms with van der Waals surface area (Å²) >= 11 is 0. The molecule has 0 saturated heterocycles. The van der Waals surface area contributed by atoms with Crippen molar-refractivity contribution in [2.45, 2.75) is 4.90 Å². The lowest BCUT2D eigenvalue weighted by Crippen LogP contribution is -2.29. The number of ether oxygens (including phenoxy) is 2. The van der Waals surface area contributed by atoms with Gasteiger partial charge in [-0.05, 0) is 65.7 Å². The number of sulfonamides is 1. The quantitative estimate of drug-likeness (QED) is 0.134. The van der Waals surface area contributed by atoms with Crippen LogP contribution < -0.4 is 30.1 Å². The van der Waals surface area contributed by atoms with Gasteiger partial charge in [0.05, 0.1) is 32.1 Å². The summed E-state index contributed by atoms with van der Waals surface area (Å²) in [5.74, 6) is 0.0169. The van der Waals surface area contributed by atoms with Crippen LogP contribution in [0.4, 0.5) is 11.4 Å². The number of rotatable bonds is 14. The third kappa shape index (κ3) is 8.06. The Kier molecular flexibility index (Phi) is 10.8. The monoisotopic (exact) mass is 618 g/mol. The lowest BCUT2D eigenvalue weighted by molar-refractivity contribution is 0.0939. The summed E-state index contributed by atoms with van der Waals surface area (Å²) < 4.78 is 40.3. The van der Waals surface area contributed by atoms with Gasteiger partial charge in [-0.3, -0.25) is 14.3 Å². The fourth-order valence-electron chi connectivity index (χ4n) is 4.39. The van der Waals surface area contributed by atoms with Gasteiger partial charge in [0.2, 0.25) is 0 Å². The molecule has 0 aromatic heterocycles. The molecule has 0 bridgehead atoms. The van der Waals surface area contributed by atoms with Crippen LogP contribution in [0, 0.1) is 0 Å². The van der Waals surface area contributed by atoms with E-state index in [9.17, 15) is 18.0 Å². The lowest BCUT2D eigenvalue weighted by Gasteiger charge is -2.15. The minimum Gasteiger partial charge on any atom is -0.496 e. The second-order valence-corrected chi connectivity index (χ2v) is 11.1. The number of aliphatic hydroxyl groups is 1. The molecule has 2 amide bonds. The Hall–Kier alpha value is -5.07. The molecule has 11 nitrogen and oxygen atoms in total. The zero-order valence-corrected chi connectivity index (χ0v) is 25.1. The van der Waals surface area contributed by atoms with Crippen molar-refractivity contribution in [3.8, 4) is 22.6 Å². The van der Waals surface area contributed by atoms with E-state index in [-0.39, 0.29) is 35.6 Å². The van der Waals surface area contributed by atoms with Crippen LogP contribution in [-0.2, 0) is 10.0 Å². The normalized spacial score (nSPS) is 10.9. The average Bonchev–Trinajstić information content (AvgIpc) is 3.05. The van der Waals surface area contributed by atoms with Crippen LogP contribution in [-0.4, -0.2) is 65.8 Å². The second kappa shape index (κ2) is 14.9. The minimum absolute atomic E-state index is 0.0787. The molecule has 0 aliphatic heterocycles. The molecule has 44 heavy (non-hydrogen) atoms. The van der Waals surface area contributed by atoms with Crippen LogP contribution >= 0.6 is 0 Å². The maximum absolute atomic E-state index is 13.5. The summed E-state index contributed by atoms with van der Waals surface area (Å²) in [5, 5.41) is 17.6. The van der Waals surface area contributed by atoms with Crippen molar-refractivity contribution >= 4 is 33.2 Å². The topological polar surface area (TPSA) is 155 Å². The number of nitrogens with one attached hydrogen (secondary N) is 4. The molecular formula is C32H34N4O7S. The highest BCUT2D eigenvalue weighted by atomic mass is 32.2. The smallest absolute Gasteiger partial charge is 0.265 e. The van der Waals surface area contributed by atoms with E-state index in [1.165, 1.54) is 20.3 Å². The predicted molar refractivity (Wildman–Crippen MR) is 169 cm³/mol. The molecular weight excluding hydrogens is 584 g/mol. The number of benzene rings is 4. The number of anilines is 2. The predicted octanol–water partition coefficient (Wildman–Crippen LogP) is 3.74. The van der Waals surface area contributed by atoms with E-state index in [1.807, 2.05) is 0 Å². The summed E-state index contributed by atoms with van der Waals surface area (Å²) in [7, 11) is -1.20. The number of amides is 2. The van der Waals surface area contributed by atoms with E-state index < -0.39 is 10.0 Å². The van der Waals surface area contributed by atoms with Gasteiger partial charge < -0.3 is 30.5 Å². The van der Waals surface area contributed by atoms with Gasteiger partial charge in [-0.25, -0.2) is 8.42 Å². The molecule has 4 aromatic carbocycles. The molecule has 230 valence electrons. The van der Waals surface area contributed by atoms with Gasteiger partial charge in [-0.2, -0.15) is 0 Å². The lowest BCUT2D eigenvalue weighted by atomic mass is 10.0. The van der Waals surface area contributed by atoms with Crippen LogP contribution in [0.1, 0.15) is 20.7 Å². The Morgan fingerprint density at radius 2 is 1.41 bits per heavy atom. The van der Waals surface area contributed by atoms with Gasteiger partial charge in [0.15, 0.2) is 0 Å². The maximum atomic E-state index is 13.5. The fourth-order valence-corrected chi connectivity index (χ4v) is 5.64. The van der Waals surface area contributed by atoms with Crippen LogP contribution in [0.5, 0.6) is 11.5 Å². The van der Waals surface area contributed by atoms with Crippen molar-refractivity contribution in [2.75, 3.05) is 50.5 Å². The van der Waals surface area contributed by atoms with Gasteiger partial charge in [0.1, 0.15) is 16.4 Å². The van der Waals surface area contributed by atoms with Gasteiger partial charge >= 0.3 is 0 Å². The molecule has 0 heterocycles. The summed E-state index contributed by atoms with van der Waals surface area (Å²) in [6, 6.07) is 25.2. The minimum atomic E-state index is -4.09. The molecule has 4 aromatic rings. The Bertz CT molecular complexity index is 1730. The number of hydrogen-bond donors (Lipinski definition) is 5. The highest BCUT2D eigenvalue weighted by Crippen LogP contribution is 2.32. The van der Waals surface area contributed by atoms with Crippen LogP contribution in [0.3, 0.4) is 0 Å². The van der Waals surface area contributed by atoms with Crippen molar-refractivity contribution in [3.05, 3.63) is 102 Å². The molecule has 0 radical (unpaired) electrons. The van der Waals surface area contributed by atoms with Crippen molar-refractivity contribution in [1.82, 2.24) is 10.6 Å². The molecule has 0 aliphatic carbocycles. The molecule has 4 rings (SSSR count). The molecule has 0 atom stereocenters. The van der Waals surface area contributed by atoms with Gasteiger partial charge in [-0.15, -0.1) is 0 Å². The van der Waals surface area contributed by atoms with Gasteiger partial charge in [0, 0.05) is 30.9 Å². The van der Waals surface area contributed by atoms with E-state index in [4.69, 9.17) is 14.6 Å². The van der Waals surface area contributed by atoms with Crippen molar-refractivity contribution in [3.63, 3.8) is 0 Å². The van der Waals surface area contributed by atoms with Crippen LogP contribution in [0.2, 0.25) is 0 Å². The molecule has 5 N–H and O–H groups in total. The van der Waals surface area contributed by atoms with Crippen LogP contribution in [0.25, 0.3) is 11.1 Å². The van der Waals surface area contributed by atoms with E-state index in [0.717, 1.165) is 0 Å². The number of carbonyl (C=O) groups is 2. The average molecular weight is 619 g/mol. The third-order valence-electron chi connectivity index (χ3n) is 6.51. The Balaban J connectivity index is 1.45. The number of carbonyl (C=O) groups excluding carboxylic acids is 2. The van der Waals surface area contributed by atoms with Crippen molar-refractivity contribution in [2.24, 2.45) is 0 Å². The summed E-state index contributed by atoms with van der Waals surface area (Å²) in [6.07, 6.45) is 0. The van der Waals surface area contributed by atoms with Crippen LogP contribution in [0.15, 0.2) is 95.9 Å². The highest BCUT2D eigenvalue weighted by molar-refractivity contribution is 7.92. The Morgan fingerprint density at radius 3 is 2.18 bits per heavy atom. The standard InChI is InChI=1S/C32H34N4O7S/c1-42-28-12-4-3-11-27(28)32(39)34-16-15-33-25-9-6-10-26(21-25)36-44(40,41)30-20-23(13-14-29(30)43-2)22-7-5-8-24(19-22)31(38)35-17-18-37/h3-14,19-21,33,36-37H,15-18H2,1-2H3,(H,34,39)(H,35,38). The van der Waals surface area contributed by atoms with Crippen molar-refractivity contribution < 1.29 is 32.6 Å². The van der Waals surface area contributed by atoms with E-state index in [2.05, 4.69) is 20.7 Å². The van der Waals surface area contributed by atoms with E-state index >= 15 is 0 Å². The molecule has 0 aliphatic rings.